The molecule has 0 atom stereocenters. The average Bonchev–Trinajstić information content (AvgIpc) is 3.19. The first-order chi connectivity index (χ1) is 9.38. The summed E-state index contributed by atoms with van der Waals surface area (Å²) in [4.78, 5) is 0.313. The highest BCUT2D eigenvalue weighted by Crippen LogP contribution is 2.24. The van der Waals surface area contributed by atoms with Crippen molar-refractivity contribution >= 4 is 26.0 Å². The van der Waals surface area contributed by atoms with Crippen molar-refractivity contribution < 1.29 is 8.42 Å². The Hall–Kier alpha value is -0.430. The lowest BCUT2D eigenvalue weighted by Crippen LogP contribution is -2.28. The van der Waals surface area contributed by atoms with Crippen LogP contribution in [0.25, 0.3) is 0 Å². The molecule has 4 nitrogen and oxygen atoms in total. The van der Waals surface area contributed by atoms with Gasteiger partial charge in [0.25, 0.3) is 0 Å². The quantitative estimate of drug-likeness (QED) is 0.785. The van der Waals surface area contributed by atoms with Crippen LogP contribution < -0.4 is 10.0 Å². The number of sulfonamides is 1. The van der Waals surface area contributed by atoms with Crippen molar-refractivity contribution in [1.29, 1.82) is 0 Å². The minimum atomic E-state index is -3.46. The van der Waals surface area contributed by atoms with Gasteiger partial charge in [-0.2, -0.15) is 0 Å². The second-order valence-corrected chi connectivity index (χ2v) is 8.26. The summed E-state index contributed by atoms with van der Waals surface area (Å²) in [6.45, 7) is 5.12. The first-order valence-electron chi connectivity index (χ1n) is 6.90. The highest BCUT2D eigenvalue weighted by Gasteiger charge is 2.21. The fraction of sp³-hybridized carbons (Fsp3) is 0.571. The molecule has 0 amide bonds. The zero-order valence-electron chi connectivity index (χ0n) is 11.8. The van der Waals surface area contributed by atoms with E-state index in [-0.39, 0.29) is 5.92 Å². The van der Waals surface area contributed by atoms with Crippen molar-refractivity contribution in [2.75, 3.05) is 6.54 Å². The fourth-order valence-electron chi connectivity index (χ4n) is 1.77. The van der Waals surface area contributed by atoms with Crippen molar-refractivity contribution in [3.63, 3.8) is 0 Å². The second kappa shape index (κ2) is 6.56. The minimum Gasteiger partial charge on any atom is -0.310 e. The van der Waals surface area contributed by atoms with E-state index in [1.54, 1.807) is 12.1 Å². The lowest BCUT2D eigenvalue weighted by molar-refractivity contribution is 0.559. The molecule has 0 unspecified atom stereocenters. The van der Waals surface area contributed by atoms with Crippen LogP contribution in [0.4, 0.5) is 0 Å². The summed E-state index contributed by atoms with van der Waals surface area (Å²) in [5.41, 5.74) is 0.991. The molecule has 20 heavy (non-hydrogen) atoms. The van der Waals surface area contributed by atoms with Gasteiger partial charge in [-0.15, -0.1) is 0 Å². The molecule has 2 N–H and O–H groups in total. The predicted octanol–water partition coefficient (Wildman–Crippen LogP) is 2.64. The number of halogens is 1. The molecule has 1 fully saturated rings. The molecule has 112 valence electrons. The van der Waals surface area contributed by atoms with Crippen LogP contribution in [-0.4, -0.2) is 21.0 Å². The van der Waals surface area contributed by atoms with Crippen LogP contribution in [0.3, 0.4) is 0 Å². The number of hydrogen-bond donors (Lipinski definition) is 2. The van der Waals surface area contributed by atoms with Crippen LogP contribution in [-0.2, 0) is 16.6 Å². The molecule has 2 rings (SSSR count). The van der Waals surface area contributed by atoms with Crippen molar-refractivity contribution in [1.82, 2.24) is 10.0 Å². The highest BCUT2D eigenvalue weighted by atomic mass is 79.9. The van der Waals surface area contributed by atoms with E-state index in [2.05, 4.69) is 26.0 Å². The van der Waals surface area contributed by atoms with Crippen LogP contribution in [0.5, 0.6) is 0 Å². The molecule has 1 aromatic rings. The molecule has 1 aliphatic carbocycles. The van der Waals surface area contributed by atoms with E-state index in [0.29, 0.717) is 28.5 Å². The zero-order valence-corrected chi connectivity index (χ0v) is 14.2. The SMILES string of the molecule is CC(C)CNS(=O)(=O)c1cc(CNC2CC2)ccc1Br. The Kier molecular flexibility index (Phi) is 5.23. The van der Waals surface area contributed by atoms with Crippen LogP contribution >= 0.6 is 15.9 Å². The van der Waals surface area contributed by atoms with E-state index in [0.717, 1.165) is 5.56 Å². The Labute approximate surface area is 129 Å². The van der Waals surface area contributed by atoms with Gasteiger partial charge in [-0.25, -0.2) is 13.1 Å². The summed E-state index contributed by atoms with van der Waals surface area (Å²) in [5, 5.41) is 3.39. The maximum atomic E-state index is 12.3. The fourth-order valence-corrected chi connectivity index (χ4v) is 3.99. The lowest BCUT2D eigenvalue weighted by Gasteiger charge is -2.12. The summed E-state index contributed by atoms with van der Waals surface area (Å²) in [5.74, 6) is 0.281. The maximum absolute atomic E-state index is 12.3. The molecule has 6 heteroatoms. The normalized spacial score (nSPS) is 15.8. The van der Waals surface area contributed by atoms with Crippen molar-refractivity contribution in [2.24, 2.45) is 5.92 Å². The van der Waals surface area contributed by atoms with Gasteiger partial charge in [0.1, 0.15) is 0 Å². The van der Waals surface area contributed by atoms with Crippen molar-refractivity contribution in [3.05, 3.63) is 28.2 Å². The number of hydrogen-bond acceptors (Lipinski definition) is 3. The third-order valence-electron chi connectivity index (χ3n) is 3.14. The van der Waals surface area contributed by atoms with Gasteiger partial charge in [0, 0.05) is 23.6 Å². The number of rotatable bonds is 7. The predicted molar refractivity (Wildman–Crippen MR) is 84.0 cm³/mol. The van der Waals surface area contributed by atoms with E-state index >= 15 is 0 Å². The Morgan fingerprint density at radius 3 is 2.65 bits per heavy atom. The average molecular weight is 361 g/mol. The van der Waals surface area contributed by atoms with E-state index in [1.165, 1.54) is 12.8 Å². The van der Waals surface area contributed by atoms with Crippen molar-refractivity contribution in [3.8, 4) is 0 Å². The van der Waals surface area contributed by atoms with E-state index in [4.69, 9.17) is 0 Å². The van der Waals surface area contributed by atoms with Gasteiger partial charge in [-0.3, -0.25) is 0 Å². The monoisotopic (exact) mass is 360 g/mol. The summed E-state index contributed by atoms with van der Waals surface area (Å²) in [6.07, 6.45) is 2.44. The minimum absolute atomic E-state index is 0.281. The molecule has 0 bridgehead atoms. The number of benzene rings is 1. The standard InChI is InChI=1S/C14H21BrN2O2S/c1-10(2)8-17-20(18,19)14-7-11(3-6-13(14)15)9-16-12-4-5-12/h3,6-7,10,12,16-17H,4-5,8-9H2,1-2H3. The third-order valence-corrected chi connectivity index (χ3v) is 5.56. The Morgan fingerprint density at radius 2 is 2.05 bits per heavy atom. The van der Waals surface area contributed by atoms with Gasteiger partial charge in [0.05, 0.1) is 4.90 Å². The van der Waals surface area contributed by atoms with Crippen LogP contribution in [0, 0.1) is 5.92 Å². The molecule has 1 aromatic carbocycles. The smallest absolute Gasteiger partial charge is 0.241 e. The van der Waals surface area contributed by atoms with Gasteiger partial charge in [0.15, 0.2) is 0 Å². The summed E-state index contributed by atoms with van der Waals surface area (Å²) in [7, 11) is -3.46. The van der Waals surface area contributed by atoms with E-state index in [9.17, 15) is 8.42 Å². The topological polar surface area (TPSA) is 58.2 Å². The molecular formula is C14H21BrN2O2S. The second-order valence-electron chi connectivity index (χ2n) is 5.67. The third kappa shape index (κ3) is 4.55. The Bertz CT molecular complexity index is 569. The number of nitrogens with one attached hydrogen (secondary N) is 2. The first kappa shape index (κ1) is 15.9. The molecule has 0 aromatic heterocycles. The molecule has 1 saturated carbocycles. The summed E-state index contributed by atoms with van der Waals surface area (Å²) >= 11 is 3.33. The lowest BCUT2D eigenvalue weighted by atomic mass is 10.2. The molecule has 0 radical (unpaired) electrons. The van der Waals surface area contributed by atoms with E-state index in [1.807, 2.05) is 19.9 Å². The summed E-state index contributed by atoms with van der Waals surface area (Å²) in [6, 6.07) is 6.09. The first-order valence-corrected chi connectivity index (χ1v) is 9.17. The molecule has 0 spiro atoms. The van der Waals surface area contributed by atoms with Gasteiger partial charge in [-0.05, 0) is 52.4 Å². The summed E-state index contributed by atoms with van der Waals surface area (Å²) < 4.78 is 27.8. The maximum Gasteiger partial charge on any atom is 0.241 e. The molecular weight excluding hydrogens is 340 g/mol. The van der Waals surface area contributed by atoms with Gasteiger partial charge in [0.2, 0.25) is 10.0 Å². The Morgan fingerprint density at radius 1 is 1.35 bits per heavy atom. The largest absolute Gasteiger partial charge is 0.310 e. The van der Waals surface area contributed by atoms with Crippen LogP contribution in [0.15, 0.2) is 27.6 Å². The van der Waals surface area contributed by atoms with Gasteiger partial charge < -0.3 is 5.32 Å². The molecule has 1 aliphatic rings. The Balaban J connectivity index is 2.13. The van der Waals surface area contributed by atoms with Crippen molar-refractivity contribution in [2.45, 2.75) is 44.2 Å². The molecule has 0 saturated heterocycles. The molecule has 0 heterocycles. The van der Waals surface area contributed by atoms with Crippen LogP contribution in [0.1, 0.15) is 32.3 Å². The van der Waals surface area contributed by atoms with Gasteiger partial charge in [-0.1, -0.05) is 19.9 Å². The van der Waals surface area contributed by atoms with Crippen LogP contribution in [0.2, 0.25) is 0 Å². The molecule has 0 aliphatic heterocycles. The zero-order chi connectivity index (χ0) is 14.8. The van der Waals surface area contributed by atoms with E-state index < -0.39 is 10.0 Å². The highest BCUT2D eigenvalue weighted by molar-refractivity contribution is 9.10. The van der Waals surface area contributed by atoms with Gasteiger partial charge >= 0.3 is 0 Å².